The summed E-state index contributed by atoms with van der Waals surface area (Å²) in [6.07, 6.45) is 4.14. The molecule has 1 aromatic carbocycles. The highest BCUT2D eigenvalue weighted by Gasteiger charge is 2.60. The lowest BCUT2D eigenvalue weighted by Crippen LogP contribution is -2.57. The average Bonchev–Trinajstić information content (AvgIpc) is 2.67. The third kappa shape index (κ3) is 3.89. The van der Waals surface area contributed by atoms with E-state index < -0.39 is 28.9 Å². The highest BCUT2D eigenvalue weighted by atomic mass is 19.1. The zero-order valence-electron chi connectivity index (χ0n) is 17.7. The summed E-state index contributed by atoms with van der Waals surface area (Å²) in [5.74, 6) is -1.03. The molecule has 0 saturated heterocycles. The number of rotatable bonds is 4. The van der Waals surface area contributed by atoms with Crippen molar-refractivity contribution < 1.29 is 28.6 Å². The predicted octanol–water partition coefficient (Wildman–Crippen LogP) is 4.31. The van der Waals surface area contributed by atoms with E-state index in [0.29, 0.717) is 12.0 Å². The molecule has 2 aliphatic rings. The second kappa shape index (κ2) is 7.72. The molecule has 0 fully saturated rings. The number of hydrogen-bond donors (Lipinski definition) is 1. The monoisotopic (exact) mass is 415 g/mol. The van der Waals surface area contributed by atoms with Crippen molar-refractivity contribution in [2.45, 2.75) is 58.3 Å². The Balaban J connectivity index is 2.06. The highest BCUT2D eigenvalue weighted by molar-refractivity contribution is 6.35. The van der Waals surface area contributed by atoms with Crippen LogP contribution in [0.25, 0.3) is 5.57 Å². The SMILES string of the molecule is CC(C)OC1=C(c2ccc(F)cc2)C(=O)C1(O)C1=CCC=CN1C(=O)OC(C)(C)C. The van der Waals surface area contributed by atoms with E-state index in [1.165, 1.54) is 30.5 Å². The third-order valence-electron chi connectivity index (χ3n) is 4.52. The van der Waals surface area contributed by atoms with E-state index in [9.17, 15) is 19.1 Å². The van der Waals surface area contributed by atoms with Crippen LogP contribution in [0, 0.1) is 5.82 Å². The van der Waals surface area contributed by atoms with Crippen LogP contribution in [0.3, 0.4) is 0 Å². The lowest BCUT2D eigenvalue weighted by molar-refractivity contribution is -0.134. The summed E-state index contributed by atoms with van der Waals surface area (Å²) >= 11 is 0. The van der Waals surface area contributed by atoms with Crippen molar-refractivity contribution in [3.63, 3.8) is 0 Å². The molecular weight excluding hydrogens is 389 g/mol. The van der Waals surface area contributed by atoms with Gasteiger partial charge < -0.3 is 14.6 Å². The van der Waals surface area contributed by atoms with Crippen LogP contribution in [0.1, 0.15) is 46.6 Å². The van der Waals surface area contributed by atoms with Gasteiger partial charge in [-0.1, -0.05) is 24.3 Å². The number of hydrogen-bond acceptors (Lipinski definition) is 5. The summed E-state index contributed by atoms with van der Waals surface area (Å²) < 4.78 is 24.6. The molecular formula is C23H26FNO5. The van der Waals surface area contributed by atoms with E-state index in [-0.39, 0.29) is 23.1 Å². The topological polar surface area (TPSA) is 76.1 Å². The van der Waals surface area contributed by atoms with Crippen LogP contribution in [0.15, 0.2) is 54.1 Å². The predicted molar refractivity (Wildman–Crippen MR) is 109 cm³/mol. The van der Waals surface area contributed by atoms with Gasteiger partial charge in [0.05, 0.1) is 17.4 Å². The Morgan fingerprint density at radius 3 is 2.43 bits per heavy atom. The zero-order valence-corrected chi connectivity index (χ0v) is 17.7. The molecule has 0 aromatic heterocycles. The molecule has 6 nitrogen and oxygen atoms in total. The number of carbonyl (C=O) groups is 2. The maximum atomic E-state index is 13.3. The second-order valence-electron chi connectivity index (χ2n) is 8.48. The molecule has 1 N–H and O–H groups in total. The number of Topliss-reactive ketones (excluding diaryl/α,β-unsaturated/α-hetero) is 1. The number of aliphatic hydroxyl groups is 1. The van der Waals surface area contributed by atoms with Crippen molar-refractivity contribution in [1.29, 1.82) is 0 Å². The minimum absolute atomic E-state index is 0.0317. The second-order valence-corrected chi connectivity index (χ2v) is 8.48. The minimum atomic E-state index is -2.14. The summed E-state index contributed by atoms with van der Waals surface area (Å²) in [7, 11) is 0. The van der Waals surface area contributed by atoms with Crippen LogP contribution in [0.5, 0.6) is 0 Å². The molecule has 3 rings (SSSR count). The van der Waals surface area contributed by atoms with Gasteiger partial charge in [0.2, 0.25) is 11.4 Å². The quantitative estimate of drug-likeness (QED) is 0.793. The van der Waals surface area contributed by atoms with Gasteiger partial charge in [0, 0.05) is 6.20 Å². The lowest BCUT2D eigenvalue weighted by Gasteiger charge is -2.44. The van der Waals surface area contributed by atoms with Crippen molar-refractivity contribution in [3.05, 3.63) is 65.5 Å². The number of amides is 1. The molecule has 1 aliphatic heterocycles. The zero-order chi connectivity index (χ0) is 22.3. The number of allylic oxidation sites excluding steroid dienone is 2. The van der Waals surface area contributed by atoms with Gasteiger partial charge in [-0.05, 0) is 58.7 Å². The first-order valence-corrected chi connectivity index (χ1v) is 9.79. The van der Waals surface area contributed by atoms with Crippen LogP contribution < -0.4 is 0 Å². The van der Waals surface area contributed by atoms with Gasteiger partial charge in [-0.3, -0.25) is 9.69 Å². The Labute approximate surface area is 175 Å². The van der Waals surface area contributed by atoms with Crippen molar-refractivity contribution in [1.82, 2.24) is 4.90 Å². The Kier molecular flexibility index (Phi) is 5.60. The van der Waals surface area contributed by atoms with E-state index in [1.54, 1.807) is 46.8 Å². The fourth-order valence-corrected chi connectivity index (χ4v) is 3.31. The Morgan fingerprint density at radius 1 is 1.23 bits per heavy atom. The standard InChI is InChI=1S/C23H26FNO5/c1-14(2)29-20-18(15-9-11-16(24)12-10-15)19(26)23(20,28)17-8-6-7-13-25(17)21(27)30-22(3,4)5/h7-14,28H,6H2,1-5H3. The molecule has 30 heavy (non-hydrogen) atoms. The van der Waals surface area contributed by atoms with Crippen LogP contribution in [0.4, 0.5) is 9.18 Å². The number of carbonyl (C=O) groups excluding carboxylic acids is 2. The molecule has 1 amide bonds. The fourth-order valence-electron chi connectivity index (χ4n) is 3.31. The van der Waals surface area contributed by atoms with E-state index in [0.717, 1.165) is 4.90 Å². The van der Waals surface area contributed by atoms with Gasteiger partial charge >= 0.3 is 6.09 Å². The first-order chi connectivity index (χ1) is 13.9. The van der Waals surface area contributed by atoms with Crippen LogP contribution in [-0.4, -0.2) is 39.2 Å². The molecule has 0 saturated carbocycles. The third-order valence-corrected chi connectivity index (χ3v) is 4.52. The fraction of sp³-hybridized carbons (Fsp3) is 0.391. The van der Waals surface area contributed by atoms with Crippen molar-refractivity contribution >= 4 is 17.4 Å². The molecule has 0 radical (unpaired) electrons. The summed E-state index contributed by atoms with van der Waals surface area (Å²) in [5.41, 5.74) is -2.25. The Morgan fingerprint density at radius 2 is 1.87 bits per heavy atom. The summed E-state index contributed by atoms with van der Waals surface area (Å²) in [5, 5.41) is 11.5. The van der Waals surface area contributed by atoms with Crippen LogP contribution in [-0.2, 0) is 14.3 Å². The van der Waals surface area contributed by atoms with Gasteiger partial charge in [-0.2, -0.15) is 0 Å². The molecule has 7 heteroatoms. The Bertz CT molecular complexity index is 953. The molecule has 1 aliphatic carbocycles. The first kappa shape index (κ1) is 21.8. The molecule has 160 valence electrons. The highest BCUT2D eigenvalue weighted by Crippen LogP contribution is 2.48. The molecule has 0 spiro atoms. The number of ketones is 1. The maximum absolute atomic E-state index is 13.3. The number of halogens is 1. The number of ether oxygens (including phenoxy) is 2. The van der Waals surface area contributed by atoms with Crippen molar-refractivity contribution in [2.24, 2.45) is 0 Å². The van der Waals surface area contributed by atoms with E-state index >= 15 is 0 Å². The molecule has 1 aromatic rings. The van der Waals surface area contributed by atoms with E-state index in [2.05, 4.69) is 0 Å². The number of nitrogens with zero attached hydrogens (tertiary/aromatic N) is 1. The largest absolute Gasteiger partial charge is 0.491 e. The van der Waals surface area contributed by atoms with Crippen LogP contribution in [0.2, 0.25) is 0 Å². The van der Waals surface area contributed by atoms with Gasteiger partial charge in [0.15, 0.2) is 5.76 Å². The Hall–Kier alpha value is -2.93. The molecule has 1 atom stereocenters. The van der Waals surface area contributed by atoms with E-state index in [1.807, 2.05) is 0 Å². The summed E-state index contributed by atoms with van der Waals surface area (Å²) in [6, 6.07) is 5.37. The summed E-state index contributed by atoms with van der Waals surface area (Å²) in [4.78, 5) is 27.0. The van der Waals surface area contributed by atoms with Crippen LogP contribution >= 0.6 is 0 Å². The average molecular weight is 415 g/mol. The first-order valence-electron chi connectivity index (χ1n) is 9.79. The van der Waals surface area contributed by atoms with Gasteiger partial charge in [0.1, 0.15) is 11.4 Å². The smallest absolute Gasteiger partial charge is 0.418 e. The van der Waals surface area contributed by atoms with Gasteiger partial charge in [-0.15, -0.1) is 0 Å². The number of benzene rings is 1. The van der Waals surface area contributed by atoms with Gasteiger partial charge in [0.25, 0.3) is 0 Å². The van der Waals surface area contributed by atoms with Crippen molar-refractivity contribution in [2.75, 3.05) is 0 Å². The van der Waals surface area contributed by atoms with Crippen molar-refractivity contribution in [3.8, 4) is 0 Å². The molecule has 1 unspecified atom stereocenters. The van der Waals surface area contributed by atoms with E-state index in [4.69, 9.17) is 9.47 Å². The molecule has 1 heterocycles. The summed E-state index contributed by atoms with van der Waals surface area (Å²) in [6.45, 7) is 8.71. The normalized spacial score (nSPS) is 21.5. The minimum Gasteiger partial charge on any atom is -0.491 e. The van der Waals surface area contributed by atoms with Gasteiger partial charge in [-0.25, -0.2) is 9.18 Å². The lowest BCUT2D eigenvalue weighted by atomic mass is 9.71. The maximum Gasteiger partial charge on any atom is 0.418 e. The molecule has 0 bridgehead atoms.